The fraction of sp³-hybridized carbons (Fsp3) is 0.462. The van der Waals surface area contributed by atoms with Crippen LogP contribution in [0.5, 0.6) is 0 Å². The van der Waals surface area contributed by atoms with E-state index in [0.717, 1.165) is 25.3 Å². The fourth-order valence-corrected chi connectivity index (χ4v) is 2.09. The number of methoxy groups -OCH3 is 1. The Bertz CT molecular complexity index is 453. The molecule has 0 heterocycles. The summed E-state index contributed by atoms with van der Waals surface area (Å²) >= 11 is 0. The van der Waals surface area contributed by atoms with Gasteiger partial charge in [-0.05, 0) is 37.5 Å². The minimum Gasteiger partial charge on any atom is -0.398 e. The third-order valence-corrected chi connectivity index (χ3v) is 3.53. The molecule has 3 N–H and O–H groups in total. The number of carbonyl (C=O) groups is 1. The van der Waals surface area contributed by atoms with Crippen LogP contribution in [-0.2, 0) is 4.74 Å². The Hall–Kier alpha value is -1.62. The molecule has 5 heteroatoms. The Labute approximate surface area is 105 Å². The fourth-order valence-electron chi connectivity index (χ4n) is 2.09. The summed E-state index contributed by atoms with van der Waals surface area (Å²) in [4.78, 5) is 11.9. The van der Waals surface area contributed by atoms with E-state index in [1.54, 1.807) is 7.11 Å². The van der Waals surface area contributed by atoms with E-state index < -0.39 is 5.82 Å². The van der Waals surface area contributed by atoms with Crippen LogP contribution in [0.2, 0.25) is 0 Å². The molecule has 1 saturated carbocycles. The highest BCUT2D eigenvalue weighted by molar-refractivity contribution is 5.99. The summed E-state index contributed by atoms with van der Waals surface area (Å²) in [7, 11) is 1.64. The predicted octanol–water partition coefficient (Wildman–Crippen LogP) is 1.71. The third kappa shape index (κ3) is 2.46. The van der Waals surface area contributed by atoms with Crippen molar-refractivity contribution < 1.29 is 13.9 Å². The van der Waals surface area contributed by atoms with E-state index in [9.17, 15) is 9.18 Å². The Morgan fingerprint density at radius 1 is 1.56 bits per heavy atom. The van der Waals surface area contributed by atoms with Gasteiger partial charge in [0.15, 0.2) is 0 Å². The van der Waals surface area contributed by atoms with Crippen LogP contribution in [0.25, 0.3) is 0 Å². The maximum absolute atomic E-state index is 13.1. The monoisotopic (exact) mass is 252 g/mol. The number of rotatable bonds is 4. The second-order valence-electron chi connectivity index (χ2n) is 4.65. The average molecular weight is 252 g/mol. The number of carbonyl (C=O) groups excluding carboxylic acids is 1. The van der Waals surface area contributed by atoms with Crippen LogP contribution in [0.15, 0.2) is 18.2 Å². The lowest BCUT2D eigenvalue weighted by Gasteiger charge is -2.40. The molecule has 1 fully saturated rings. The van der Waals surface area contributed by atoms with Crippen LogP contribution < -0.4 is 11.1 Å². The molecule has 2 rings (SSSR count). The first-order valence-electron chi connectivity index (χ1n) is 5.95. The quantitative estimate of drug-likeness (QED) is 0.802. The third-order valence-electron chi connectivity index (χ3n) is 3.53. The lowest BCUT2D eigenvalue weighted by atomic mass is 9.80. The van der Waals surface area contributed by atoms with Crippen molar-refractivity contribution in [3.63, 3.8) is 0 Å². The van der Waals surface area contributed by atoms with Crippen molar-refractivity contribution in [3.05, 3.63) is 29.6 Å². The molecular formula is C13H17FN2O2. The van der Waals surface area contributed by atoms with Crippen molar-refractivity contribution in [2.45, 2.75) is 24.9 Å². The summed E-state index contributed by atoms with van der Waals surface area (Å²) in [6.45, 7) is 0.429. The molecule has 0 atom stereocenters. The number of hydrogen-bond acceptors (Lipinski definition) is 3. The SMILES string of the molecule is COC1(CNC(=O)c2cc(F)ccc2N)CCC1. The van der Waals surface area contributed by atoms with E-state index in [-0.39, 0.29) is 22.8 Å². The van der Waals surface area contributed by atoms with E-state index in [2.05, 4.69) is 5.32 Å². The van der Waals surface area contributed by atoms with Crippen LogP contribution >= 0.6 is 0 Å². The zero-order valence-corrected chi connectivity index (χ0v) is 10.3. The van der Waals surface area contributed by atoms with Gasteiger partial charge in [-0.1, -0.05) is 0 Å². The van der Waals surface area contributed by atoms with E-state index in [1.807, 2.05) is 0 Å². The Morgan fingerprint density at radius 2 is 2.28 bits per heavy atom. The summed E-state index contributed by atoms with van der Waals surface area (Å²) in [5.41, 5.74) is 5.84. The Morgan fingerprint density at radius 3 is 2.83 bits per heavy atom. The molecule has 0 aliphatic heterocycles. The highest BCUT2D eigenvalue weighted by atomic mass is 19.1. The molecule has 0 radical (unpaired) electrons. The molecule has 0 unspecified atom stereocenters. The highest BCUT2D eigenvalue weighted by Gasteiger charge is 2.37. The lowest BCUT2D eigenvalue weighted by molar-refractivity contribution is -0.0679. The van der Waals surface area contributed by atoms with Crippen molar-refractivity contribution in [3.8, 4) is 0 Å². The number of nitrogens with two attached hydrogens (primary N) is 1. The Kier molecular flexibility index (Phi) is 3.52. The average Bonchev–Trinajstić information content (AvgIpc) is 2.31. The topological polar surface area (TPSA) is 64.3 Å². The van der Waals surface area contributed by atoms with Gasteiger partial charge in [0.1, 0.15) is 5.82 Å². The zero-order valence-electron chi connectivity index (χ0n) is 10.3. The molecule has 0 saturated heterocycles. The minimum absolute atomic E-state index is 0.167. The molecule has 0 spiro atoms. The van der Waals surface area contributed by atoms with Gasteiger partial charge < -0.3 is 15.8 Å². The number of halogens is 1. The van der Waals surface area contributed by atoms with Gasteiger partial charge in [0.05, 0.1) is 11.2 Å². The van der Waals surface area contributed by atoms with Gasteiger partial charge in [-0.2, -0.15) is 0 Å². The van der Waals surface area contributed by atoms with Crippen LogP contribution in [0.4, 0.5) is 10.1 Å². The van der Waals surface area contributed by atoms with E-state index in [0.29, 0.717) is 6.54 Å². The number of benzene rings is 1. The van der Waals surface area contributed by atoms with Crippen LogP contribution in [0, 0.1) is 5.82 Å². The number of amides is 1. The molecule has 1 amide bonds. The van der Waals surface area contributed by atoms with Crippen molar-refractivity contribution in [2.24, 2.45) is 0 Å². The second-order valence-corrected chi connectivity index (χ2v) is 4.65. The predicted molar refractivity (Wildman–Crippen MR) is 66.7 cm³/mol. The molecule has 0 bridgehead atoms. The summed E-state index contributed by atoms with van der Waals surface area (Å²) in [6, 6.07) is 3.76. The van der Waals surface area contributed by atoms with Gasteiger partial charge in [-0.15, -0.1) is 0 Å². The normalized spacial score (nSPS) is 17.0. The number of nitrogens with one attached hydrogen (secondary N) is 1. The van der Waals surface area contributed by atoms with Gasteiger partial charge in [0.2, 0.25) is 0 Å². The molecule has 1 aliphatic rings. The maximum Gasteiger partial charge on any atom is 0.253 e. The van der Waals surface area contributed by atoms with E-state index >= 15 is 0 Å². The molecule has 1 aromatic carbocycles. The largest absolute Gasteiger partial charge is 0.398 e. The van der Waals surface area contributed by atoms with Gasteiger partial charge in [0.25, 0.3) is 5.91 Å². The highest BCUT2D eigenvalue weighted by Crippen LogP contribution is 2.34. The summed E-state index contributed by atoms with van der Waals surface area (Å²) in [5, 5.41) is 2.75. The standard InChI is InChI=1S/C13H17FN2O2/c1-18-13(5-2-6-13)8-16-12(17)10-7-9(14)3-4-11(10)15/h3-4,7H,2,5-6,8,15H2,1H3,(H,16,17). The summed E-state index contributed by atoms with van der Waals surface area (Å²) in [5.74, 6) is -0.838. The number of hydrogen-bond donors (Lipinski definition) is 2. The van der Waals surface area contributed by atoms with E-state index in [1.165, 1.54) is 12.1 Å². The number of nitrogen functional groups attached to an aromatic ring is 1. The molecule has 18 heavy (non-hydrogen) atoms. The Balaban J connectivity index is 2.01. The molecule has 98 valence electrons. The lowest BCUT2D eigenvalue weighted by Crippen LogP contribution is -2.49. The number of ether oxygens (including phenoxy) is 1. The smallest absolute Gasteiger partial charge is 0.253 e. The van der Waals surface area contributed by atoms with Crippen LogP contribution in [0.1, 0.15) is 29.6 Å². The van der Waals surface area contributed by atoms with Crippen molar-refractivity contribution in [2.75, 3.05) is 19.4 Å². The molecule has 1 aliphatic carbocycles. The molecular weight excluding hydrogens is 235 g/mol. The van der Waals surface area contributed by atoms with Crippen molar-refractivity contribution in [1.82, 2.24) is 5.32 Å². The van der Waals surface area contributed by atoms with Crippen molar-refractivity contribution >= 4 is 11.6 Å². The van der Waals surface area contributed by atoms with E-state index in [4.69, 9.17) is 10.5 Å². The molecule has 4 nitrogen and oxygen atoms in total. The summed E-state index contributed by atoms with van der Waals surface area (Å²) < 4.78 is 18.5. The van der Waals surface area contributed by atoms with Gasteiger partial charge in [-0.3, -0.25) is 4.79 Å². The first kappa shape index (κ1) is 12.8. The molecule has 1 aromatic rings. The maximum atomic E-state index is 13.1. The van der Waals surface area contributed by atoms with Crippen LogP contribution in [0.3, 0.4) is 0 Å². The minimum atomic E-state index is -0.473. The van der Waals surface area contributed by atoms with Gasteiger partial charge in [-0.25, -0.2) is 4.39 Å². The zero-order chi connectivity index (χ0) is 13.2. The number of anilines is 1. The van der Waals surface area contributed by atoms with Gasteiger partial charge in [0, 0.05) is 19.3 Å². The molecule has 0 aromatic heterocycles. The van der Waals surface area contributed by atoms with Crippen molar-refractivity contribution in [1.29, 1.82) is 0 Å². The summed E-state index contributed by atoms with van der Waals surface area (Å²) in [6.07, 6.45) is 2.97. The van der Waals surface area contributed by atoms with Gasteiger partial charge >= 0.3 is 0 Å². The second kappa shape index (κ2) is 4.94. The first-order valence-corrected chi connectivity index (χ1v) is 5.95. The first-order chi connectivity index (χ1) is 8.56. The van der Waals surface area contributed by atoms with Crippen LogP contribution in [-0.4, -0.2) is 25.2 Å².